The Morgan fingerprint density at radius 3 is 2.39 bits per heavy atom. The third-order valence-corrected chi connectivity index (χ3v) is 7.00. The van der Waals surface area contributed by atoms with Crippen LogP contribution in [-0.4, -0.2) is 24.5 Å². The Labute approximate surface area is 181 Å². The van der Waals surface area contributed by atoms with Crippen LogP contribution in [0.3, 0.4) is 0 Å². The number of nitrogens with one attached hydrogen (secondary N) is 1. The van der Waals surface area contributed by atoms with Crippen LogP contribution in [0, 0.1) is 5.92 Å². The van der Waals surface area contributed by atoms with Gasteiger partial charge in [-0.15, -0.1) is 0 Å². The van der Waals surface area contributed by atoms with E-state index in [1.807, 2.05) is 13.8 Å². The van der Waals surface area contributed by atoms with Crippen molar-refractivity contribution in [3.8, 4) is 0 Å². The molecule has 1 heterocycles. The minimum Gasteiger partial charge on any atom is -0.340 e. The first-order chi connectivity index (χ1) is 14.8. The SMILES string of the molecule is CC(C)C(NC(=O)c1ccc(CS(=O)(=O)c2ccccc2)cc1)c1nc(C2CC2)no1. The maximum absolute atomic E-state index is 12.8. The molecule has 1 saturated carbocycles. The molecule has 4 rings (SSSR count). The van der Waals surface area contributed by atoms with E-state index in [9.17, 15) is 13.2 Å². The van der Waals surface area contributed by atoms with E-state index in [1.54, 1.807) is 54.6 Å². The molecule has 1 fully saturated rings. The molecule has 3 aromatic rings. The minimum atomic E-state index is -3.44. The summed E-state index contributed by atoms with van der Waals surface area (Å²) in [5.74, 6) is 1.16. The predicted molar refractivity (Wildman–Crippen MR) is 115 cm³/mol. The van der Waals surface area contributed by atoms with Crippen LogP contribution in [0.1, 0.15) is 66.3 Å². The highest BCUT2D eigenvalue weighted by molar-refractivity contribution is 7.90. The van der Waals surface area contributed by atoms with Crippen LogP contribution >= 0.6 is 0 Å². The number of benzene rings is 2. The van der Waals surface area contributed by atoms with E-state index >= 15 is 0 Å². The fraction of sp³-hybridized carbons (Fsp3) is 0.348. The molecule has 162 valence electrons. The zero-order valence-electron chi connectivity index (χ0n) is 17.5. The summed E-state index contributed by atoms with van der Waals surface area (Å²) in [7, 11) is -3.44. The fourth-order valence-electron chi connectivity index (χ4n) is 3.30. The molecule has 0 saturated heterocycles. The molecule has 1 aliphatic rings. The van der Waals surface area contributed by atoms with Gasteiger partial charge in [0.15, 0.2) is 15.7 Å². The van der Waals surface area contributed by atoms with Gasteiger partial charge in [-0.05, 0) is 48.6 Å². The summed E-state index contributed by atoms with van der Waals surface area (Å²) < 4.78 is 30.5. The highest BCUT2D eigenvalue weighted by Crippen LogP contribution is 2.38. The van der Waals surface area contributed by atoms with Gasteiger partial charge >= 0.3 is 0 Å². The molecule has 2 aromatic carbocycles. The normalized spacial score (nSPS) is 15.1. The number of carbonyl (C=O) groups excluding carboxylic acids is 1. The van der Waals surface area contributed by atoms with Crippen molar-refractivity contribution in [1.82, 2.24) is 15.5 Å². The van der Waals surface area contributed by atoms with Crippen molar-refractivity contribution in [2.24, 2.45) is 5.92 Å². The Morgan fingerprint density at radius 1 is 1.10 bits per heavy atom. The van der Waals surface area contributed by atoms with Crippen molar-refractivity contribution in [1.29, 1.82) is 0 Å². The smallest absolute Gasteiger partial charge is 0.251 e. The van der Waals surface area contributed by atoms with E-state index in [4.69, 9.17) is 4.52 Å². The Balaban J connectivity index is 1.44. The lowest BCUT2D eigenvalue weighted by Gasteiger charge is -2.18. The standard InChI is InChI=1S/C23H25N3O4S/c1-15(2)20(23-25-21(26-30-23)17-12-13-17)24-22(27)18-10-8-16(9-11-18)14-31(28,29)19-6-4-3-5-7-19/h3-11,15,17,20H,12-14H2,1-2H3,(H,24,27). The first kappa shape index (κ1) is 21.2. The summed E-state index contributed by atoms with van der Waals surface area (Å²) in [5.41, 5.74) is 1.06. The third-order valence-electron chi connectivity index (χ3n) is 5.29. The second-order valence-corrected chi connectivity index (χ2v) is 10.2. The molecular formula is C23H25N3O4S. The van der Waals surface area contributed by atoms with Crippen molar-refractivity contribution in [3.05, 3.63) is 77.4 Å². The first-order valence-corrected chi connectivity index (χ1v) is 12.0. The van der Waals surface area contributed by atoms with Crippen LogP contribution in [0.5, 0.6) is 0 Å². The van der Waals surface area contributed by atoms with E-state index in [1.165, 1.54) is 0 Å². The van der Waals surface area contributed by atoms with Crippen LogP contribution in [0.2, 0.25) is 0 Å². The monoisotopic (exact) mass is 439 g/mol. The zero-order chi connectivity index (χ0) is 22.0. The Kier molecular flexibility index (Phi) is 5.91. The molecule has 0 radical (unpaired) electrons. The number of nitrogens with zero attached hydrogens (tertiary/aromatic N) is 2. The van der Waals surface area contributed by atoms with Gasteiger partial charge in [0, 0.05) is 11.5 Å². The van der Waals surface area contributed by atoms with Gasteiger partial charge in [0.1, 0.15) is 6.04 Å². The predicted octanol–water partition coefficient (Wildman–Crippen LogP) is 4.05. The van der Waals surface area contributed by atoms with Gasteiger partial charge < -0.3 is 9.84 Å². The molecule has 1 unspecified atom stereocenters. The van der Waals surface area contributed by atoms with Gasteiger partial charge in [0.05, 0.1) is 10.6 Å². The quantitative estimate of drug-likeness (QED) is 0.568. The van der Waals surface area contributed by atoms with Gasteiger partial charge in [-0.2, -0.15) is 4.98 Å². The molecule has 1 aromatic heterocycles. The molecule has 0 bridgehead atoms. The van der Waals surface area contributed by atoms with Gasteiger partial charge in [-0.3, -0.25) is 4.79 Å². The summed E-state index contributed by atoms with van der Waals surface area (Å²) in [6.45, 7) is 3.95. The Bertz CT molecular complexity index is 1150. The summed E-state index contributed by atoms with van der Waals surface area (Å²) >= 11 is 0. The maximum Gasteiger partial charge on any atom is 0.251 e. The molecule has 1 amide bonds. The van der Waals surface area contributed by atoms with Gasteiger partial charge in [0.25, 0.3) is 5.91 Å². The van der Waals surface area contributed by atoms with Crippen molar-refractivity contribution in [2.45, 2.75) is 49.3 Å². The molecule has 8 heteroatoms. The van der Waals surface area contributed by atoms with E-state index in [-0.39, 0.29) is 22.5 Å². The van der Waals surface area contributed by atoms with Crippen molar-refractivity contribution in [2.75, 3.05) is 0 Å². The Hall–Kier alpha value is -3.00. The Morgan fingerprint density at radius 2 is 1.77 bits per heavy atom. The van der Waals surface area contributed by atoms with Crippen LogP contribution in [-0.2, 0) is 15.6 Å². The molecule has 1 N–H and O–H groups in total. The highest BCUT2D eigenvalue weighted by atomic mass is 32.2. The van der Waals surface area contributed by atoms with Crippen LogP contribution < -0.4 is 5.32 Å². The molecule has 0 aliphatic heterocycles. The summed E-state index contributed by atoms with van der Waals surface area (Å²) in [5, 5.41) is 7.00. The zero-order valence-corrected chi connectivity index (χ0v) is 18.3. The molecule has 31 heavy (non-hydrogen) atoms. The average molecular weight is 440 g/mol. The van der Waals surface area contributed by atoms with Gasteiger partial charge in [0.2, 0.25) is 5.89 Å². The lowest BCUT2D eigenvalue weighted by molar-refractivity contribution is 0.0914. The third kappa shape index (κ3) is 5.02. The van der Waals surface area contributed by atoms with Crippen molar-refractivity contribution < 1.29 is 17.7 Å². The van der Waals surface area contributed by atoms with E-state index in [2.05, 4.69) is 15.5 Å². The number of carbonyl (C=O) groups is 1. The number of hydrogen-bond acceptors (Lipinski definition) is 6. The number of rotatable bonds is 8. The van der Waals surface area contributed by atoms with Crippen LogP contribution in [0.15, 0.2) is 64.0 Å². The number of sulfone groups is 1. The lowest BCUT2D eigenvalue weighted by Crippen LogP contribution is -2.32. The summed E-state index contributed by atoms with van der Waals surface area (Å²) in [6, 6.07) is 14.5. The van der Waals surface area contributed by atoms with E-state index in [0.717, 1.165) is 12.8 Å². The molecule has 1 atom stereocenters. The number of hydrogen-bond donors (Lipinski definition) is 1. The van der Waals surface area contributed by atoms with Crippen LogP contribution in [0.4, 0.5) is 0 Å². The number of amides is 1. The molecule has 1 aliphatic carbocycles. The molecule has 7 nitrogen and oxygen atoms in total. The summed E-state index contributed by atoms with van der Waals surface area (Å²) in [6.07, 6.45) is 2.15. The fourth-order valence-corrected chi connectivity index (χ4v) is 4.67. The van der Waals surface area contributed by atoms with Crippen molar-refractivity contribution >= 4 is 15.7 Å². The van der Waals surface area contributed by atoms with Crippen molar-refractivity contribution in [3.63, 3.8) is 0 Å². The highest BCUT2D eigenvalue weighted by Gasteiger charge is 2.31. The second kappa shape index (κ2) is 8.63. The largest absolute Gasteiger partial charge is 0.340 e. The average Bonchev–Trinajstić information content (AvgIpc) is 3.50. The molecular weight excluding hydrogens is 414 g/mol. The summed E-state index contributed by atoms with van der Waals surface area (Å²) in [4.78, 5) is 17.5. The van der Waals surface area contributed by atoms with Crippen LogP contribution in [0.25, 0.3) is 0 Å². The molecule has 0 spiro atoms. The topological polar surface area (TPSA) is 102 Å². The van der Waals surface area contributed by atoms with E-state index < -0.39 is 15.9 Å². The number of aromatic nitrogens is 2. The second-order valence-electron chi connectivity index (χ2n) is 8.23. The first-order valence-electron chi connectivity index (χ1n) is 10.3. The maximum atomic E-state index is 12.8. The van der Waals surface area contributed by atoms with Gasteiger partial charge in [-0.25, -0.2) is 8.42 Å². The van der Waals surface area contributed by atoms with E-state index in [0.29, 0.717) is 28.8 Å². The minimum absolute atomic E-state index is 0.0618. The lowest BCUT2D eigenvalue weighted by atomic mass is 10.0. The van der Waals surface area contributed by atoms with Gasteiger partial charge in [-0.1, -0.05) is 49.3 Å².